The molecule has 0 aliphatic carbocycles. The van der Waals surface area contributed by atoms with Crippen molar-refractivity contribution in [2.75, 3.05) is 0 Å². The Morgan fingerprint density at radius 3 is 1.28 bits per heavy atom. The molecule has 0 fully saturated rings. The van der Waals surface area contributed by atoms with Crippen molar-refractivity contribution in [3.8, 4) is 0 Å². The molecule has 0 bridgehead atoms. The first kappa shape index (κ1) is 28.7. The van der Waals surface area contributed by atoms with Gasteiger partial charge < -0.3 is 0 Å². The minimum absolute atomic E-state index is 0.590. The first-order valence-corrected chi connectivity index (χ1v) is 18.0. The Morgan fingerprint density at radius 2 is 0.966 bits per heavy atom. The van der Waals surface area contributed by atoms with Crippen LogP contribution in [-0.4, -0.2) is 53.6 Å². The van der Waals surface area contributed by atoms with E-state index in [2.05, 4.69) is 13.8 Å². The van der Waals surface area contributed by atoms with Gasteiger partial charge in [-0.1, -0.05) is 0 Å². The van der Waals surface area contributed by atoms with Gasteiger partial charge in [0, 0.05) is 0 Å². The van der Waals surface area contributed by atoms with Crippen molar-refractivity contribution in [1.29, 1.82) is 0 Å². The van der Waals surface area contributed by atoms with Crippen LogP contribution in [0.2, 0.25) is 8.87 Å². The van der Waals surface area contributed by atoms with Crippen LogP contribution in [0.3, 0.4) is 0 Å². The van der Waals surface area contributed by atoms with E-state index in [-0.39, 0.29) is 0 Å². The summed E-state index contributed by atoms with van der Waals surface area (Å²) in [7, 11) is 0. The molecule has 2 unspecified atom stereocenters. The second-order valence-corrected chi connectivity index (χ2v) is 17.4. The predicted octanol–water partition coefficient (Wildman–Crippen LogP) is 5.00. The van der Waals surface area contributed by atoms with Gasteiger partial charge in [-0.25, -0.2) is 0 Å². The van der Waals surface area contributed by atoms with E-state index in [1.807, 2.05) is 0 Å². The fraction of sp³-hybridized carbons (Fsp3) is 0.909. The van der Waals surface area contributed by atoms with Gasteiger partial charge in [-0.05, 0) is 0 Å². The molecule has 0 heterocycles. The summed E-state index contributed by atoms with van der Waals surface area (Å²) >= 11 is -4.12. The second kappa shape index (κ2) is 17.4. The molecule has 0 rings (SSSR count). The molecule has 6 nitrogen and oxygen atoms in total. The third kappa shape index (κ3) is 14.3. The van der Waals surface area contributed by atoms with Gasteiger partial charge in [0.2, 0.25) is 0 Å². The third-order valence-electron chi connectivity index (χ3n) is 5.08. The van der Waals surface area contributed by atoms with Crippen molar-refractivity contribution in [2.24, 2.45) is 0 Å². The topological polar surface area (TPSA) is 93.1 Å². The summed E-state index contributed by atoms with van der Waals surface area (Å²) < 4.78 is 12.7. The van der Waals surface area contributed by atoms with E-state index in [0.29, 0.717) is 8.87 Å². The average Bonchev–Trinajstić information content (AvgIpc) is 2.67. The molecular formula is C22H44O6Sn. The van der Waals surface area contributed by atoms with Crippen molar-refractivity contribution in [3.05, 3.63) is 0 Å². The van der Waals surface area contributed by atoms with Crippen LogP contribution in [0.5, 0.6) is 0 Å². The summed E-state index contributed by atoms with van der Waals surface area (Å²) in [6.45, 7) is 7.08. The van der Waals surface area contributed by atoms with E-state index >= 15 is 0 Å². The van der Waals surface area contributed by atoms with E-state index < -0.39 is 43.4 Å². The van der Waals surface area contributed by atoms with Gasteiger partial charge in [0.15, 0.2) is 0 Å². The van der Waals surface area contributed by atoms with Crippen LogP contribution in [0.1, 0.15) is 105 Å². The number of unbranched alkanes of at least 4 members (excludes halogenated alkanes) is 10. The normalized spacial score (nSPS) is 13.7. The number of hydrogen-bond donors (Lipinski definition) is 2. The van der Waals surface area contributed by atoms with Gasteiger partial charge in [0.25, 0.3) is 0 Å². The number of aliphatic hydroxyl groups excluding tert-OH is 2. The molecule has 7 heteroatoms. The molecule has 0 aromatic heterocycles. The van der Waals surface area contributed by atoms with Crippen LogP contribution < -0.4 is 0 Å². The van der Waals surface area contributed by atoms with Crippen molar-refractivity contribution >= 4 is 31.1 Å². The number of rotatable bonds is 18. The molecule has 0 saturated heterocycles. The van der Waals surface area contributed by atoms with E-state index in [0.717, 1.165) is 38.5 Å². The van der Waals surface area contributed by atoms with Gasteiger partial charge in [0.05, 0.1) is 0 Å². The van der Waals surface area contributed by atoms with Crippen LogP contribution in [-0.2, 0) is 15.7 Å². The van der Waals surface area contributed by atoms with Crippen molar-refractivity contribution in [1.82, 2.24) is 0 Å². The Hall–Kier alpha value is -0.341. The molecule has 0 aliphatic rings. The Morgan fingerprint density at radius 1 is 0.655 bits per heavy atom. The number of hydrogen-bond acceptors (Lipinski definition) is 6. The van der Waals surface area contributed by atoms with Gasteiger partial charge in [-0.2, -0.15) is 0 Å². The molecule has 172 valence electrons. The van der Waals surface area contributed by atoms with Crippen LogP contribution in [0.15, 0.2) is 0 Å². The molecular weight excluding hydrogens is 479 g/mol. The summed E-state index contributed by atoms with van der Waals surface area (Å²) in [6, 6.07) is 0. The third-order valence-corrected chi connectivity index (χ3v) is 14.7. The van der Waals surface area contributed by atoms with Crippen LogP contribution in [0, 0.1) is 0 Å². The van der Waals surface area contributed by atoms with E-state index in [1.54, 1.807) is 0 Å². The molecule has 0 spiro atoms. The standard InChI is InChI=1S/2C8H17.2C3H6O3.Sn/c2*1-3-5-7-8-6-4-2;2*1-2(4)3(5)6;/h2*1,3-8H2,2H3;2*2,4H,1H3,(H,5,6);/q;;;;+2/p-2. The molecule has 2 N–H and O–H groups in total. The fourth-order valence-corrected chi connectivity index (χ4v) is 12.8. The molecule has 0 aromatic carbocycles. The van der Waals surface area contributed by atoms with Crippen LogP contribution >= 0.6 is 0 Å². The van der Waals surface area contributed by atoms with Crippen molar-refractivity contribution in [2.45, 2.75) is 126 Å². The SMILES string of the molecule is CCCCCCC[CH2][Sn]([CH2]CCCCCCC)([O]C(=O)C(C)O)[O]C(=O)C(C)O. The van der Waals surface area contributed by atoms with Gasteiger partial charge in [0.1, 0.15) is 0 Å². The fourth-order valence-electron chi connectivity index (χ4n) is 3.24. The Kier molecular flexibility index (Phi) is 17.1. The predicted molar refractivity (Wildman–Crippen MR) is 118 cm³/mol. The first-order valence-electron chi connectivity index (χ1n) is 11.6. The van der Waals surface area contributed by atoms with Gasteiger partial charge in [-0.3, -0.25) is 0 Å². The maximum atomic E-state index is 12.2. The van der Waals surface area contributed by atoms with Gasteiger partial charge >= 0.3 is 183 Å². The molecule has 0 aromatic rings. The Balaban J connectivity index is 5.06. The zero-order valence-corrected chi connectivity index (χ0v) is 21.9. The van der Waals surface area contributed by atoms with Crippen molar-refractivity contribution < 1.29 is 26.0 Å². The summed E-state index contributed by atoms with van der Waals surface area (Å²) in [5.41, 5.74) is 0. The summed E-state index contributed by atoms with van der Waals surface area (Å²) in [4.78, 5) is 24.4. The first-order chi connectivity index (χ1) is 13.8. The quantitative estimate of drug-likeness (QED) is 0.194. The molecule has 2 atom stereocenters. The van der Waals surface area contributed by atoms with E-state index in [9.17, 15) is 19.8 Å². The monoisotopic (exact) mass is 524 g/mol. The minimum atomic E-state index is -4.12. The van der Waals surface area contributed by atoms with Crippen LogP contribution in [0.25, 0.3) is 0 Å². The molecule has 0 aliphatic heterocycles. The maximum absolute atomic E-state index is 12.2. The summed E-state index contributed by atoms with van der Waals surface area (Å²) in [6.07, 6.45) is 10.6. The number of aliphatic hydroxyl groups is 2. The Bertz CT molecular complexity index is 399. The molecule has 0 radical (unpaired) electrons. The molecule has 0 amide bonds. The summed E-state index contributed by atoms with van der Waals surface area (Å²) in [5, 5.41) is 19.3. The molecule has 0 saturated carbocycles. The average molecular weight is 523 g/mol. The second-order valence-electron chi connectivity index (χ2n) is 8.14. The zero-order chi connectivity index (χ0) is 22.1. The molecule has 29 heavy (non-hydrogen) atoms. The Labute approximate surface area is 182 Å². The summed E-state index contributed by atoms with van der Waals surface area (Å²) in [5.74, 6) is -1.42. The number of carbonyl (C=O) groups is 2. The van der Waals surface area contributed by atoms with Crippen molar-refractivity contribution in [3.63, 3.8) is 0 Å². The van der Waals surface area contributed by atoms with E-state index in [1.165, 1.54) is 52.4 Å². The number of carbonyl (C=O) groups excluding carboxylic acids is 2. The zero-order valence-electron chi connectivity index (χ0n) is 19.1. The van der Waals surface area contributed by atoms with Crippen LogP contribution in [0.4, 0.5) is 0 Å². The van der Waals surface area contributed by atoms with E-state index in [4.69, 9.17) is 6.15 Å². The van der Waals surface area contributed by atoms with Gasteiger partial charge in [-0.15, -0.1) is 0 Å².